The van der Waals surface area contributed by atoms with Crippen LogP contribution in [0, 0.1) is 0 Å². The van der Waals surface area contributed by atoms with Crippen LogP contribution in [0.1, 0.15) is 25.0 Å². The van der Waals surface area contributed by atoms with Crippen molar-refractivity contribution in [1.29, 1.82) is 0 Å². The molecule has 2 aromatic heterocycles. The van der Waals surface area contributed by atoms with Crippen molar-refractivity contribution in [1.82, 2.24) is 4.57 Å². The van der Waals surface area contributed by atoms with Gasteiger partial charge in [-0.25, -0.2) is 0 Å². The van der Waals surface area contributed by atoms with Crippen LogP contribution in [0.3, 0.4) is 0 Å². The lowest BCUT2D eigenvalue weighted by atomic mass is 9.82. The van der Waals surface area contributed by atoms with Gasteiger partial charge < -0.3 is 8.98 Å². The summed E-state index contributed by atoms with van der Waals surface area (Å²) < 4.78 is 9.10. The molecule has 0 N–H and O–H groups in total. The van der Waals surface area contributed by atoms with Gasteiger partial charge in [-0.1, -0.05) is 147 Å². The summed E-state index contributed by atoms with van der Waals surface area (Å²) in [5.41, 5.74) is 17.6. The van der Waals surface area contributed by atoms with Crippen molar-refractivity contribution >= 4 is 43.7 Å². The predicted molar refractivity (Wildman–Crippen MR) is 222 cm³/mol. The van der Waals surface area contributed by atoms with Crippen molar-refractivity contribution in [3.63, 3.8) is 0 Å². The van der Waals surface area contributed by atoms with Crippen LogP contribution >= 0.6 is 0 Å². The Morgan fingerprint density at radius 1 is 0.396 bits per heavy atom. The Labute approximate surface area is 308 Å². The third-order valence-corrected chi connectivity index (χ3v) is 11.6. The lowest BCUT2D eigenvalue weighted by molar-refractivity contribution is 0.661. The maximum Gasteiger partial charge on any atom is 0.143 e. The Bertz CT molecular complexity index is 3070. The molecule has 0 saturated carbocycles. The van der Waals surface area contributed by atoms with Crippen molar-refractivity contribution in [3.8, 4) is 50.2 Å². The van der Waals surface area contributed by atoms with Crippen LogP contribution in [0.2, 0.25) is 0 Å². The smallest absolute Gasteiger partial charge is 0.143 e. The topological polar surface area (TPSA) is 18.1 Å². The Balaban J connectivity index is 1.19. The molecular formula is C51H35NO. The fourth-order valence-corrected chi connectivity index (χ4v) is 8.96. The molecular weight excluding hydrogens is 643 g/mol. The van der Waals surface area contributed by atoms with Gasteiger partial charge in [-0.2, -0.15) is 0 Å². The Kier molecular flexibility index (Phi) is 6.33. The van der Waals surface area contributed by atoms with E-state index in [0.29, 0.717) is 0 Å². The minimum Gasteiger partial charge on any atom is -0.455 e. The molecule has 0 atom stereocenters. The number of rotatable bonds is 4. The molecule has 0 saturated heterocycles. The van der Waals surface area contributed by atoms with Crippen LogP contribution < -0.4 is 0 Å². The van der Waals surface area contributed by atoms with Crippen molar-refractivity contribution in [2.45, 2.75) is 19.3 Å². The summed E-state index contributed by atoms with van der Waals surface area (Å²) in [4.78, 5) is 0. The first kappa shape index (κ1) is 30.0. The van der Waals surface area contributed by atoms with Crippen LogP contribution in [-0.4, -0.2) is 4.57 Å². The molecule has 0 amide bonds. The standard InChI is InChI=1S/C51H35NO/c1-51(2)45-20-9-6-15-39(45)43-30-44-40-16-7-10-21-47(40)52(48(44)31-46(43)51)37-28-35(34-25-23-33(24-26-34)32-13-4-3-5-14-32)27-36(29-37)38-18-12-19-42-41-17-8-11-22-49(41)53-50(38)42/h3-31H,1-2H3. The fourth-order valence-electron chi connectivity index (χ4n) is 8.96. The van der Waals surface area contributed by atoms with E-state index in [4.69, 9.17) is 4.42 Å². The predicted octanol–water partition coefficient (Wildman–Crippen LogP) is 14.0. The van der Waals surface area contributed by atoms with E-state index >= 15 is 0 Å². The van der Waals surface area contributed by atoms with Crippen molar-refractivity contribution in [2.75, 3.05) is 0 Å². The minimum absolute atomic E-state index is 0.105. The third-order valence-electron chi connectivity index (χ3n) is 11.6. The molecule has 250 valence electrons. The molecule has 11 rings (SSSR count). The number of benzene rings is 8. The van der Waals surface area contributed by atoms with E-state index in [1.165, 1.54) is 60.8 Å². The largest absolute Gasteiger partial charge is 0.455 e. The molecule has 0 fully saturated rings. The van der Waals surface area contributed by atoms with Gasteiger partial charge in [0.2, 0.25) is 0 Å². The number of aromatic nitrogens is 1. The van der Waals surface area contributed by atoms with Gasteiger partial charge in [0.15, 0.2) is 0 Å². The summed E-state index contributed by atoms with van der Waals surface area (Å²) in [5.74, 6) is 0. The molecule has 1 aliphatic carbocycles. The zero-order valence-corrected chi connectivity index (χ0v) is 29.6. The van der Waals surface area contributed by atoms with Crippen molar-refractivity contribution < 1.29 is 4.42 Å². The second kappa shape index (κ2) is 11.2. The summed E-state index contributed by atoms with van der Waals surface area (Å²) in [6.45, 7) is 4.73. The summed E-state index contributed by atoms with van der Waals surface area (Å²) in [6, 6.07) is 64.2. The van der Waals surface area contributed by atoms with Gasteiger partial charge in [0.1, 0.15) is 11.2 Å². The summed E-state index contributed by atoms with van der Waals surface area (Å²) >= 11 is 0. The van der Waals surface area contributed by atoms with Crippen molar-refractivity contribution in [3.05, 3.63) is 187 Å². The number of para-hydroxylation sites is 3. The van der Waals surface area contributed by atoms with Gasteiger partial charge in [-0.05, 0) is 92.5 Å². The first-order valence-electron chi connectivity index (χ1n) is 18.4. The van der Waals surface area contributed by atoms with Crippen LogP contribution in [0.25, 0.3) is 93.9 Å². The Morgan fingerprint density at radius 3 is 1.89 bits per heavy atom. The van der Waals surface area contributed by atoms with Gasteiger partial charge in [0.25, 0.3) is 0 Å². The van der Waals surface area contributed by atoms with Gasteiger partial charge in [0.05, 0.1) is 11.0 Å². The molecule has 53 heavy (non-hydrogen) atoms. The number of furan rings is 1. The maximum atomic E-state index is 6.62. The monoisotopic (exact) mass is 677 g/mol. The highest BCUT2D eigenvalue weighted by Gasteiger charge is 2.36. The molecule has 0 spiro atoms. The summed E-state index contributed by atoms with van der Waals surface area (Å²) in [5, 5.41) is 4.79. The maximum absolute atomic E-state index is 6.62. The molecule has 2 heterocycles. The highest BCUT2D eigenvalue weighted by atomic mass is 16.3. The van der Waals surface area contributed by atoms with Crippen LogP contribution in [-0.2, 0) is 5.41 Å². The van der Waals surface area contributed by atoms with E-state index in [1.54, 1.807) is 0 Å². The zero-order valence-electron chi connectivity index (χ0n) is 29.6. The average molecular weight is 678 g/mol. The van der Waals surface area contributed by atoms with E-state index in [9.17, 15) is 0 Å². The first-order valence-corrected chi connectivity index (χ1v) is 18.4. The van der Waals surface area contributed by atoms with Gasteiger partial charge >= 0.3 is 0 Å². The lowest BCUT2D eigenvalue weighted by Gasteiger charge is -2.22. The van der Waals surface area contributed by atoms with Gasteiger partial charge in [-0.3, -0.25) is 0 Å². The molecule has 8 aromatic carbocycles. The highest BCUT2D eigenvalue weighted by Crippen LogP contribution is 2.51. The van der Waals surface area contributed by atoms with Gasteiger partial charge in [0, 0.05) is 38.2 Å². The van der Waals surface area contributed by atoms with E-state index in [-0.39, 0.29) is 5.41 Å². The number of hydrogen-bond donors (Lipinski definition) is 0. The number of nitrogens with zero attached hydrogens (tertiary/aromatic N) is 1. The number of fused-ring (bicyclic) bond motifs is 9. The average Bonchev–Trinajstić information content (AvgIpc) is 3.83. The van der Waals surface area contributed by atoms with Crippen LogP contribution in [0.4, 0.5) is 0 Å². The minimum atomic E-state index is -0.105. The summed E-state index contributed by atoms with van der Waals surface area (Å²) in [7, 11) is 0. The zero-order chi connectivity index (χ0) is 35.3. The van der Waals surface area contributed by atoms with Gasteiger partial charge in [-0.15, -0.1) is 0 Å². The quantitative estimate of drug-likeness (QED) is 0.181. The van der Waals surface area contributed by atoms with Crippen molar-refractivity contribution in [2.24, 2.45) is 0 Å². The summed E-state index contributed by atoms with van der Waals surface area (Å²) in [6.07, 6.45) is 0. The van der Waals surface area contributed by atoms with E-state index in [0.717, 1.165) is 44.3 Å². The molecule has 0 radical (unpaired) electrons. The molecule has 0 bridgehead atoms. The molecule has 0 unspecified atom stereocenters. The highest BCUT2D eigenvalue weighted by molar-refractivity contribution is 6.12. The van der Waals surface area contributed by atoms with E-state index in [1.807, 2.05) is 6.07 Å². The first-order chi connectivity index (χ1) is 26.0. The molecule has 1 aliphatic rings. The molecule has 10 aromatic rings. The third kappa shape index (κ3) is 4.45. The van der Waals surface area contributed by atoms with E-state index < -0.39 is 0 Å². The second-order valence-corrected chi connectivity index (χ2v) is 14.9. The normalized spacial score (nSPS) is 13.2. The fraction of sp³-hybridized carbons (Fsp3) is 0.0588. The molecule has 0 aliphatic heterocycles. The van der Waals surface area contributed by atoms with E-state index in [2.05, 4.69) is 188 Å². The molecule has 2 heteroatoms. The van der Waals surface area contributed by atoms with Crippen LogP contribution in [0.5, 0.6) is 0 Å². The Hall–Kier alpha value is -6.64. The number of hydrogen-bond acceptors (Lipinski definition) is 1. The SMILES string of the molecule is CC1(C)c2ccccc2-c2cc3c4ccccc4n(-c4cc(-c5ccc(-c6ccccc6)cc5)cc(-c5cccc6c5oc5ccccc56)c4)c3cc21. The Morgan fingerprint density at radius 2 is 1.04 bits per heavy atom. The van der Waals surface area contributed by atoms with Crippen LogP contribution in [0.15, 0.2) is 180 Å². The molecule has 2 nitrogen and oxygen atoms in total. The lowest BCUT2D eigenvalue weighted by Crippen LogP contribution is -2.15. The second-order valence-electron chi connectivity index (χ2n) is 14.9.